The first-order valence-electron chi connectivity index (χ1n) is 10.4. The summed E-state index contributed by atoms with van der Waals surface area (Å²) in [5.74, 6) is 1.10. The van der Waals surface area contributed by atoms with Gasteiger partial charge in [0.2, 0.25) is 5.95 Å². The van der Waals surface area contributed by atoms with E-state index in [0.717, 1.165) is 22.6 Å². The second-order valence-electron chi connectivity index (χ2n) is 7.55. The minimum Gasteiger partial charge on any atom is -0.497 e. The Balaban J connectivity index is 1.54. The first-order chi connectivity index (χ1) is 16.4. The SMILES string of the molecule is COc1ccc([C@H]2C=C(c3ccc(Cl)cc3)Nc3nc(NS(=O)(=O)c4ccccc4)nn32)cc1. The minimum absolute atomic E-state index is 0.0318. The highest BCUT2D eigenvalue weighted by Gasteiger charge is 2.27. The first-order valence-corrected chi connectivity index (χ1v) is 12.2. The van der Waals surface area contributed by atoms with Crippen LogP contribution in [0.3, 0.4) is 0 Å². The molecule has 0 saturated carbocycles. The second-order valence-corrected chi connectivity index (χ2v) is 9.67. The molecule has 5 rings (SSSR count). The summed E-state index contributed by atoms with van der Waals surface area (Å²) in [6, 6.07) is 22.8. The van der Waals surface area contributed by atoms with Crippen molar-refractivity contribution in [1.29, 1.82) is 0 Å². The Kier molecular flexibility index (Phi) is 5.72. The number of anilines is 2. The van der Waals surface area contributed by atoms with Gasteiger partial charge in [-0.25, -0.2) is 17.8 Å². The molecule has 1 aliphatic rings. The van der Waals surface area contributed by atoms with E-state index in [1.807, 2.05) is 42.5 Å². The van der Waals surface area contributed by atoms with E-state index in [2.05, 4.69) is 20.1 Å². The van der Waals surface area contributed by atoms with Crippen LogP contribution in [0, 0.1) is 0 Å². The van der Waals surface area contributed by atoms with Gasteiger partial charge in [0.05, 0.1) is 12.0 Å². The molecule has 0 bridgehead atoms. The maximum absolute atomic E-state index is 12.8. The van der Waals surface area contributed by atoms with Crippen LogP contribution < -0.4 is 14.8 Å². The van der Waals surface area contributed by atoms with Gasteiger partial charge in [-0.1, -0.05) is 54.1 Å². The van der Waals surface area contributed by atoms with Crippen LogP contribution >= 0.6 is 11.6 Å². The number of sulfonamides is 1. The maximum Gasteiger partial charge on any atom is 0.264 e. The lowest BCUT2D eigenvalue weighted by Gasteiger charge is -2.24. The minimum atomic E-state index is -3.84. The molecule has 1 aliphatic heterocycles. The maximum atomic E-state index is 12.8. The smallest absolute Gasteiger partial charge is 0.264 e. The Morgan fingerprint density at radius 1 is 1.00 bits per heavy atom. The van der Waals surface area contributed by atoms with Crippen LogP contribution in [0.5, 0.6) is 5.75 Å². The Bertz CT molecular complexity index is 1450. The molecule has 2 N–H and O–H groups in total. The van der Waals surface area contributed by atoms with Crippen LogP contribution in [0.15, 0.2) is 89.8 Å². The summed E-state index contributed by atoms with van der Waals surface area (Å²) in [6.45, 7) is 0. The summed E-state index contributed by atoms with van der Waals surface area (Å²) in [4.78, 5) is 4.55. The number of nitrogens with one attached hydrogen (secondary N) is 2. The average Bonchev–Trinajstić information content (AvgIpc) is 3.26. The van der Waals surface area contributed by atoms with Crippen molar-refractivity contribution in [2.24, 2.45) is 0 Å². The molecule has 0 radical (unpaired) electrons. The van der Waals surface area contributed by atoms with Crippen LogP contribution in [0.4, 0.5) is 11.9 Å². The van der Waals surface area contributed by atoms with E-state index in [-0.39, 0.29) is 16.9 Å². The number of allylic oxidation sites excluding steroid dienone is 1. The van der Waals surface area contributed by atoms with Gasteiger partial charge in [0, 0.05) is 10.7 Å². The average molecular weight is 494 g/mol. The highest BCUT2D eigenvalue weighted by Crippen LogP contribution is 2.34. The van der Waals surface area contributed by atoms with Crippen LogP contribution in [-0.4, -0.2) is 30.3 Å². The van der Waals surface area contributed by atoms with Crippen LogP contribution in [0.1, 0.15) is 17.2 Å². The number of nitrogens with zero attached hydrogens (tertiary/aromatic N) is 3. The zero-order chi connectivity index (χ0) is 23.7. The second kappa shape index (κ2) is 8.85. The van der Waals surface area contributed by atoms with Gasteiger partial charge in [-0.3, -0.25) is 0 Å². The fourth-order valence-corrected chi connectivity index (χ4v) is 4.74. The predicted octanol–water partition coefficient (Wildman–Crippen LogP) is 4.80. The number of rotatable bonds is 6. The lowest BCUT2D eigenvalue weighted by molar-refractivity contribution is 0.414. The van der Waals surface area contributed by atoms with E-state index in [9.17, 15) is 8.42 Å². The third-order valence-corrected chi connectivity index (χ3v) is 6.95. The molecule has 0 aliphatic carbocycles. The highest BCUT2D eigenvalue weighted by molar-refractivity contribution is 7.92. The van der Waals surface area contributed by atoms with Crippen molar-refractivity contribution in [3.8, 4) is 5.75 Å². The summed E-state index contributed by atoms with van der Waals surface area (Å²) in [7, 11) is -2.23. The quantitative estimate of drug-likeness (QED) is 0.400. The molecular formula is C24H20ClN5O3S. The lowest BCUT2D eigenvalue weighted by Crippen LogP contribution is -2.20. The van der Waals surface area contributed by atoms with Gasteiger partial charge in [0.25, 0.3) is 16.0 Å². The molecule has 172 valence electrons. The Morgan fingerprint density at radius 2 is 1.71 bits per heavy atom. The first kappa shape index (κ1) is 22.0. The van der Waals surface area contributed by atoms with Crippen LogP contribution in [0.25, 0.3) is 5.70 Å². The number of hydrogen-bond acceptors (Lipinski definition) is 6. The monoisotopic (exact) mass is 493 g/mol. The number of ether oxygens (including phenoxy) is 1. The van der Waals surface area contributed by atoms with Crippen molar-refractivity contribution in [1.82, 2.24) is 14.8 Å². The fraction of sp³-hybridized carbons (Fsp3) is 0.0833. The lowest BCUT2D eigenvalue weighted by atomic mass is 10.0. The fourth-order valence-electron chi connectivity index (χ4n) is 3.65. The topological polar surface area (TPSA) is 98.1 Å². The molecule has 3 aromatic carbocycles. The third-order valence-electron chi connectivity index (χ3n) is 5.36. The molecule has 0 unspecified atom stereocenters. The van der Waals surface area contributed by atoms with E-state index >= 15 is 0 Å². The number of benzene rings is 3. The molecule has 10 heteroatoms. The molecule has 0 saturated heterocycles. The molecule has 1 aromatic heterocycles. The molecule has 0 fully saturated rings. The third kappa shape index (κ3) is 4.35. The van der Waals surface area contributed by atoms with Crippen molar-refractivity contribution >= 4 is 39.2 Å². The molecular weight excluding hydrogens is 474 g/mol. The summed E-state index contributed by atoms with van der Waals surface area (Å²) < 4.78 is 35.0. The summed E-state index contributed by atoms with van der Waals surface area (Å²) in [6.07, 6.45) is 2.00. The van der Waals surface area contributed by atoms with Gasteiger partial charge >= 0.3 is 0 Å². The molecule has 0 spiro atoms. The zero-order valence-electron chi connectivity index (χ0n) is 18.0. The number of methoxy groups -OCH3 is 1. The van der Waals surface area contributed by atoms with Gasteiger partial charge < -0.3 is 10.1 Å². The van der Waals surface area contributed by atoms with Gasteiger partial charge in [0.1, 0.15) is 11.8 Å². The largest absolute Gasteiger partial charge is 0.497 e. The number of fused-ring (bicyclic) bond motifs is 1. The normalized spacial score (nSPS) is 15.1. The Morgan fingerprint density at radius 3 is 2.38 bits per heavy atom. The predicted molar refractivity (Wildman–Crippen MR) is 131 cm³/mol. The Hall–Kier alpha value is -3.82. The number of hydrogen-bond donors (Lipinski definition) is 2. The molecule has 4 aromatic rings. The van der Waals surface area contributed by atoms with E-state index < -0.39 is 10.0 Å². The molecule has 34 heavy (non-hydrogen) atoms. The van der Waals surface area contributed by atoms with E-state index in [1.54, 1.807) is 42.1 Å². The van der Waals surface area contributed by atoms with Gasteiger partial charge in [0.15, 0.2) is 0 Å². The number of halogens is 1. The van der Waals surface area contributed by atoms with E-state index in [4.69, 9.17) is 16.3 Å². The molecule has 2 heterocycles. The van der Waals surface area contributed by atoms with E-state index in [1.165, 1.54) is 12.1 Å². The molecule has 8 nitrogen and oxygen atoms in total. The molecule has 0 amide bonds. The van der Waals surface area contributed by atoms with Crippen molar-refractivity contribution < 1.29 is 13.2 Å². The summed E-state index contributed by atoms with van der Waals surface area (Å²) >= 11 is 6.06. The van der Waals surface area contributed by atoms with Crippen molar-refractivity contribution in [3.63, 3.8) is 0 Å². The van der Waals surface area contributed by atoms with Crippen molar-refractivity contribution in [3.05, 3.63) is 101 Å². The zero-order valence-corrected chi connectivity index (χ0v) is 19.6. The van der Waals surface area contributed by atoms with Crippen molar-refractivity contribution in [2.45, 2.75) is 10.9 Å². The standard InChI is InChI=1S/C24H20ClN5O3S/c1-33-19-13-9-17(10-14-19)22-15-21(16-7-11-18(25)12-8-16)26-24-27-23(28-30(22)24)29-34(31,32)20-5-3-2-4-6-20/h2-15,22H,1H3,(H2,26,27,28,29)/t22-/m1/s1. The Labute approximate surface area is 201 Å². The van der Waals surface area contributed by atoms with Crippen LogP contribution in [0.2, 0.25) is 5.02 Å². The highest BCUT2D eigenvalue weighted by atomic mass is 35.5. The molecule has 1 atom stereocenters. The van der Waals surface area contributed by atoms with Gasteiger partial charge in [-0.05, 0) is 53.6 Å². The van der Waals surface area contributed by atoms with Gasteiger partial charge in [-0.2, -0.15) is 4.98 Å². The van der Waals surface area contributed by atoms with Crippen LogP contribution in [-0.2, 0) is 10.0 Å². The summed E-state index contributed by atoms with van der Waals surface area (Å²) in [5, 5.41) is 8.34. The summed E-state index contributed by atoms with van der Waals surface area (Å²) in [5.41, 5.74) is 2.64. The number of aromatic nitrogens is 3. The van der Waals surface area contributed by atoms with E-state index in [0.29, 0.717) is 11.0 Å². The van der Waals surface area contributed by atoms with Crippen molar-refractivity contribution in [2.75, 3.05) is 17.1 Å². The van der Waals surface area contributed by atoms with Gasteiger partial charge in [-0.15, -0.1) is 5.10 Å².